The molecule has 5 rings (SSSR count). The van der Waals surface area contributed by atoms with Crippen LogP contribution in [0.15, 0.2) is 61.1 Å². The number of aryl methyl sites for hydroxylation is 2. The highest BCUT2D eigenvalue weighted by Crippen LogP contribution is 2.28. The first-order valence-electron chi connectivity index (χ1n) is 11.3. The molecule has 0 aliphatic heterocycles. The lowest BCUT2D eigenvalue weighted by molar-refractivity contribution is 0.102. The number of anilines is 1. The highest BCUT2D eigenvalue weighted by atomic mass is 16.5. The molecule has 0 fully saturated rings. The van der Waals surface area contributed by atoms with Crippen LogP contribution in [0.4, 0.5) is 5.69 Å². The second kappa shape index (κ2) is 9.55. The molecule has 35 heavy (non-hydrogen) atoms. The number of carbonyl (C=O) groups is 1. The molecule has 0 saturated heterocycles. The molecule has 0 spiro atoms. The SMILES string of the molecule is COCCOc1ccn2c(C(=O)Nc3cccc4c3c(C)nn4Cc3ccc(C)nc3)cnc2c1. The number of imidazole rings is 1. The molecule has 1 N–H and O–H groups in total. The third-order valence-corrected chi connectivity index (χ3v) is 5.78. The fourth-order valence-corrected chi connectivity index (χ4v) is 4.06. The number of hydrogen-bond donors (Lipinski definition) is 1. The molecule has 1 aromatic carbocycles. The molecule has 0 bridgehead atoms. The number of methoxy groups -OCH3 is 1. The number of pyridine rings is 2. The van der Waals surface area contributed by atoms with Crippen LogP contribution in [0.5, 0.6) is 5.75 Å². The topological polar surface area (TPSA) is 95.6 Å². The van der Waals surface area contributed by atoms with Crippen molar-refractivity contribution < 1.29 is 14.3 Å². The van der Waals surface area contributed by atoms with Crippen molar-refractivity contribution in [3.05, 3.63) is 83.7 Å². The first-order chi connectivity index (χ1) is 17.0. The summed E-state index contributed by atoms with van der Waals surface area (Å²) in [6.45, 7) is 5.44. The summed E-state index contributed by atoms with van der Waals surface area (Å²) < 4.78 is 14.3. The average Bonchev–Trinajstić information content (AvgIpc) is 3.42. The van der Waals surface area contributed by atoms with Gasteiger partial charge in [0.2, 0.25) is 0 Å². The summed E-state index contributed by atoms with van der Waals surface area (Å²) in [6, 6.07) is 13.4. The number of ether oxygens (including phenoxy) is 2. The smallest absolute Gasteiger partial charge is 0.274 e. The molecule has 4 aromatic heterocycles. The fraction of sp³-hybridized carbons (Fsp3) is 0.231. The molecule has 0 atom stereocenters. The van der Waals surface area contributed by atoms with Crippen molar-refractivity contribution in [1.29, 1.82) is 0 Å². The summed E-state index contributed by atoms with van der Waals surface area (Å²) in [6.07, 6.45) is 5.20. The van der Waals surface area contributed by atoms with Crippen molar-refractivity contribution in [2.75, 3.05) is 25.6 Å². The van der Waals surface area contributed by atoms with Crippen molar-refractivity contribution in [3.63, 3.8) is 0 Å². The third-order valence-electron chi connectivity index (χ3n) is 5.78. The maximum absolute atomic E-state index is 13.2. The Morgan fingerprint density at radius 2 is 1.94 bits per heavy atom. The maximum atomic E-state index is 13.2. The second-order valence-corrected chi connectivity index (χ2v) is 8.28. The summed E-state index contributed by atoms with van der Waals surface area (Å²) in [5.74, 6) is 0.414. The van der Waals surface area contributed by atoms with E-state index in [0.29, 0.717) is 42.5 Å². The predicted octanol–water partition coefficient (Wildman–Crippen LogP) is 4.02. The van der Waals surface area contributed by atoms with Gasteiger partial charge in [-0.1, -0.05) is 12.1 Å². The molecule has 9 heteroatoms. The van der Waals surface area contributed by atoms with Gasteiger partial charge in [-0.2, -0.15) is 5.10 Å². The van der Waals surface area contributed by atoms with Crippen LogP contribution in [-0.2, 0) is 11.3 Å². The minimum absolute atomic E-state index is 0.257. The van der Waals surface area contributed by atoms with E-state index in [4.69, 9.17) is 14.6 Å². The number of benzene rings is 1. The molecule has 5 aromatic rings. The lowest BCUT2D eigenvalue weighted by atomic mass is 10.1. The summed E-state index contributed by atoms with van der Waals surface area (Å²) >= 11 is 0. The van der Waals surface area contributed by atoms with E-state index in [-0.39, 0.29) is 5.91 Å². The highest BCUT2D eigenvalue weighted by molar-refractivity contribution is 6.08. The Labute approximate surface area is 202 Å². The lowest BCUT2D eigenvalue weighted by Crippen LogP contribution is -2.14. The zero-order valence-corrected chi connectivity index (χ0v) is 19.9. The summed E-state index contributed by atoms with van der Waals surface area (Å²) in [5.41, 5.74) is 5.57. The summed E-state index contributed by atoms with van der Waals surface area (Å²) in [4.78, 5) is 22.0. The first kappa shape index (κ1) is 22.5. The molecule has 0 saturated carbocycles. The molecular weight excluding hydrogens is 444 g/mol. The standard InChI is InChI=1S/C26H26N6O3/c1-17-7-8-19(14-27-17)16-32-22-6-4-5-21(25(22)18(2)30-32)29-26(33)23-15-28-24-13-20(9-10-31(23)24)35-12-11-34-3/h4-10,13-15H,11-12,16H2,1-3H3,(H,29,33). The minimum Gasteiger partial charge on any atom is -0.491 e. The number of aromatic nitrogens is 5. The van der Waals surface area contributed by atoms with Crippen molar-refractivity contribution >= 4 is 28.1 Å². The zero-order chi connectivity index (χ0) is 24.4. The van der Waals surface area contributed by atoms with E-state index in [1.165, 1.54) is 0 Å². The van der Waals surface area contributed by atoms with Crippen molar-refractivity contribution in [3.8, 4) is 5.75 Å². The Hall–Kier alpha value is -4.24. The van der Waals surface area contributed by atoms with Gasteiger partial charge in [0, 0.05) is 36.7 Å². The molecule has 0 unspecified atom stereocenters. The van der Waals surface area contributed by atoms with Crippen LogP contribution in [0, 0.1) is 13.8 Å². The highest BCUT2D eigenvalue weighted by Gasteiger charge is 2.17. The number of amides is 1. The Morgan fingerprint density at radius 3 is 2.74 bits per heavy atom. The van der Waals surface area contributed by atoms with Gasteiger partial charge in [0.15, 0.2) is 0 Å². The van der Waals surface area contributed by atoms with Gasteiger partial charge in [-0.15, -0.1) is 0 Å². The van der Waals surface area contributed by atoms with E-state index in [0.717, 1.165) is 27.9 Å². The van der Waals surface area contributed by atoms with Gasteiger partial charge >= 0.3 is 0 Å². The van der Waals surface area contributed by atoms with Crippen LogP contribution >= 0.6 is 0 Å². The number of nitrogens with one attached hydrogen (secondary N) is 1. The Kier molecular flexibility index (Phi) is 6.15. The maximum Gasteiger partial charge on any atom is 0.274 e. The van der Waals surface area contributed by atoms with Gasteiger partial charge < -0.3 is 14.8 Å². The van der Waals surface area contributed by atoms with E-state index in [1.807, 2.05) is 49.0 Å². The minimum atomic E-state index is -0.257. The number of carbonyl (C=O) groups excluding carboxylic acids is 1. The zero-order valence-electron chi connectivity index (χ0n) is 19.9. The van der Waals surface area contributed by atoms with Gasteiger partial charge in [0.25, 0.3) is 5.91 Å². The van der Waals surface area contributed by atoms with E-state index in [1.54, 1.807) is 36.0 Å². The third kappa shape index (κ3) is 4.58. The predicted molar refractivity (Wildman–Crippen MR) is 133 cm³/mol. The van der Waals surface area contributed by atoms with Crippen LogP contribution in [-0.4, -0.2) is 50.4 Å². The summed E-state index contributed by atoms with van der Waals surface area (Å²) in [5, 5.41) is 8.68. The largest absolute Gasteiger partial charge is 0.491 e. The van der Waals surface area contributed by atoms with E-state index in [9.17, 15) is 4.79 Å². The number of rotatable bonds is 8. The molecule has 0 aliphatic rings. The van der Waals surface area contributed by atoms with Crippen LogP contribution in [0.2, 0.25) is 0 Å². The monoisotopic (exact) mass is 470 g/mol. The van der Waals surface area contributed by atoms with Crippen LogP contribution in [0.25, 0.3) is 16.6 Å². The number of hydrogen-bond acceptors (Lipinski definition) is 6. The van der Waals surface area contributed by atoms with Gasteiger partial charge in [-0.3, -0.25) is 18.9 Å². The quantitative estimate of drug-likeness (QED) is 0.344. The van der Waals surface area contributed by atoms with E-state index < -0.39 is 0 Å². The van der Waals surface area contributed by atoms with Gasteiger partial charge in [-0.05, 0) is 43.7 Å². The van der Waals surface area contributed by atoms with Gasteiger partial charge in [0.1, 0.15) is 23.7 Å². The molecule has 1 amide bonds. The molecule has 178 valence electrons. The molecule has 0 aliphatic carbocycles. The molecule has 4 heterocycles. The van der Waals surface area contributed by atoms with Gasteiger partial charge in [0.05, 0.1) is 36.2 Å². The number of fused-ring (bicyclic) bond motifs is 2. The van der Waals surface area contributed by atoms with Crippen molar-refractivity contribution in [2.45, 2.75) is 20.4 Å². The Morgan fingerprint density at radius 1 is 1.06 bits per heavy atom. The average molecular weight is 471 g/mol. The molecule has 9 nitrogen and oxygen atoms in total. The first-order valence-corrected chi connectivity index (χ1v) is 11.3. The van der Waals surface area contributed by atoms with E-state index >= 15 is 0 Å². The Balaban J connectivity index is 1.40. The molecule has 0 radical (unpaired) electrons. The summed E-state index contributed by atoms with van der Waals surface area (Å²) in [7, 11) is 1.63. The van der Waals surface area contributed by atoms with Crippen LogP contribution < -0.4 is 10.1 Å². The van der Waals surface area contributed by atoms with Crippen LogP contribution in [0.1, 0.15) is 27.4 Å². The second-order valence-electron chi connectivity index (χ2n) is 8.28. The lowest BCUT2D eigenvalue weighted by Gasteiger charge is -2.09. The van der Waals surface area contributed by atoms with E-state index in [2.05, 4.69) is 21.4 Å². The van der Waals surface area contributed by atoms with Crippen molar-refractivity contribution in [1.82, 2.24) is 24.1 Å². The van der Waals surface area contributed by atoms with Gasteiger partial charge in [-0.25, -0.2) is 4.98 Å². The van der Waals surface area contributed by atoms with Crippen molar-refractivity contribution in [2.24, 2.45) is 0 Å². The normalized spacial score (nSPS) is 11.3. The van der Waals surface area contributed by atoms with Crippen LogP contribution in [0.3, 0.4) is 0 Å². The number of nitrogens with zero attached hydrogens (tertiary/aromatic N) is 5. The fourth-order valence-electron chi connectivity index (χ4n) is 4.06. The Bertz CT molecular complexity index is 1500. The molecular formula is C26H26N6O3.